The zero-order valence-electron chi connectivity index (χ0n) is 19.4. The Bertz CT molecular complexity index is 1000. The minimum atomic E-state index is -0.0901. The van der Waals surface area contributed by atoms with E-state index in [1.807, 2.05) is 24.5 Å². The lowest BCUT2D eigenvalue weighted by atomic mass is 9.96. The van der Waals surface area contributed by atoms with Crippen LogP contribution in [0.25, 0.3) is 10.8 Å². The number of nitrogens with zero attached hydrogens (tertiary/aromatic N) is 4. The van der Waals surface area contributed by atoms with E-state index in [0.29, 0.717) is 12.5 Å². The molecule has 0 saturated carbocycles. The Morgan fingerprint density at radius 2 is 1.88 bits per heavy atom. The van der Waals surface area contributed by atoms with Crippen LogP contribution < -0.4 is 0 Å². The molecule has 32 heavy (non-hydrogen) atoms. The molecule has 170 valence electrons. The first kappa shape index (κ1) is 22.8. The van der Waals surface area contributed by atoms with Crippen LogP contribution in [0.4, 0.5) is 4.39 Å². The van der Waals surface area contributed by atoms with Crippen molar-refractivity contribution in [1.82, 2.24) is 19.7 Å². The second-order valence-corrected chi connectivity index (χ2v) is 9.39. The lowest BCUT2D eigenvalue weighted by molar-refractivity contribution is 0.120. The molecular weight excluding hydrogens is 399 g/mol. The van der Waals surface area contributed by atoms with Gasteiger partial charge < -0.3 is 4.90 Å². The molecule has 1 atom stereocenters. The van der Waals surface area contributed by atoms with Crippen LogP contribution in [0.3, 0.4) is 0 Å². The van der Waals surface area contributed by atoms with Gasteiger partial charge in [-0.25, -0.2) is 4.39 Å². The third kappa shape index (κ3) is 6.12. The predicted molar refractivity (Wildman–Crippen MR) is 130 cm³/mol. The van der Waals surface area contributed by atoms with Crippen LogP contribution in [0.5, 0.6) is 0 Å². The second-order valence-electron chi connectivity index (χ2n) is 9.39. The normalized spacial score (nSPS) is 17.5. The molecule has 0 N–H and O–H groups in total. The molecule has 1 aliphatic heterocycles. The Morgan fingerprint density at radius 3 is 2.72 bits per heavy atom. The zero-order valence-corrected chi connectivity index (χ0v) is 19.4. The molecule has 3 aromatic rings. The summed E-state index contributed by atoms with van der Waals surface area (Å²) in [6.45, 7) is 6.89. The first-order valence-corrected chi connectivity index (χ1v) is 11.7. The van der Waals surface area contributed by atoms with Crippen molar-refractivity contribution in [1.29, 1.82) is 0 Å². The number of fused-ring (bicyclic) bond motifs is 1. The van der Waals surface area contributed by atoms with E-state index >= 15 is 0 Å². The quantitative estimate of drug-likeness (QED) is 0.489. The monoisotopic (exact) mass is 434 g/mol. The number of piperidine rings is 1. The van der Waals surface area contributed by atoms with E-state index in [2.05, 4.69) is 58.0 Å². The van der Waals surface area contributed by atoms with Gasteiger partial charge in [-0.15, -0.1) is 0 Å². The van der Waals surface area contributed by atoms with Crippen LogP contribution in [0.15, 0.2) is 60.9 Å². The van der Waals surface area contributed by atoms with Crippen molar-refractivity contribution in [2.75, 3.05) is 46.8 Å². The van der Waals surface area contributed by atoms with Crippen molar-refractivity contribution >= 4 is 10.8 Å². The molecule has 5 heteroatoms. The Hall–Kier alpha value is -2.34. The summed E-state index contributed by atoms with van der Waals surface area (Å²) >= 11 is 0. The van der Waals surface area contributed by atoms with Gasteiger partial charge >= 0.3 is 0 Å². The third-order valence-corrected chi connectivity index (χ3v) is 6.50. The lowest BCUT2D eigenvalue weighted by Crippen LogP contribution is -2.42. The second kappa shape index (κ2) is 11.0. The average Bonchev–Trinajstić information content (AvgIpc) is 2.79. The van der Waals surface area contributed by atoms with E-state index in [4.69, 9.17) is 0 Å². The number of likely N-dealkylation sites (N-methyl/N-ethyl adjacent to an activating group) is 1. The Kier molecular flexibility index (Phi) is 7.85. The van der Waals surface area contributed by atoms with E-state index in [9.17, 15) is 4.39 Å². The topological polar surface area (TPSA) is 22.6 Å². The van der Waals surface area contributed by atoms with Crippen molar-refractivity contribution in [2.24, 2.45) is 5.92 Å². The molecule has 0 aliphatic carbocycles. The number of hydrogen-bond donors (Lipinski definition) is 0. The Balaban J connectivity index is 1.44. The summed E-state index contributed by atoms with van der Waals surface area (Å²) in [6, 6.07) is 15.8. The molecule has 0 spiro atoms. The standard InChI is InChI=1S/C27H35FN4/c1-30(2)15-16-32(20-24-10-5-9-23-17-29-13-12-26(23)24)19-22-7-6-14-31(18-22)21-25-8-3-4-11-27(25)28/h3-5,8-13,17,22H,6-7,14-16,18-21H2,1-2H3. The van der Waals surface area contributed by atoms with Gasteiger partial charge in [0.15, 0.2) is 0 Å². The summed E-state index contributed by atoms with van der Waals surface area (Å²) in [6.07, 6.45) is 6.26. The molecule has 4 nitrogen and oxygen atoms in total. The van der Waals surface area contributed by atoms with Crippen molar-refractivity contribution in [3.8, 4) is 0 Å². The fraction of sp³-hybridized carbons (Fsp3) is 0.444. The van der Waals surface area contributed by atoms with Crippen LogP contribution in [0.1, 0.15) is 24.0 Å². The summed E-state index contributed by atoms with van der Waals surface area (Å²) in [5, 5.41) is 2.49. The van der Waals surface area contributed by atoms with Gasteiger partial charge in [-0.1, -0.05) is 36.4 Å². The van der Waals surface area contributed by atoms with Crippen LogP contribution >= 0.6 is 0 Å². The Morgan fingerprint density at radius 1 is 1.03 bits per heavy atom. The van der Waals surface area contributed by atoms with E-state index in [1.165, 1.54) is 29.2 Å². The highest BCUT2D eigenvalue weighted by Gasteiger charge is 2.23. The largest absolute Gasteiger partial charge is 0.308 e. The molecule has 1 unspecified atom stereocenters. The van der Waals surface area contributed by atoms with E-state index < -0.39 is 0 Å². The number of benzene rings is 2. The molecule has 0 bridgehead atoms. The molecule has 1 fully saturated rings. The molecule has 2 aromatic carbocycles. The van der Waals surface area contributed by atoms with Gasteiger partial charge in [0.2, 0.25) is 0 Å². The maximum absolute atomic E-state index is 14.2. The van der Waals surface area contributed by atoms with Gasteiger partial charge in [0.1, 0.15) is 5.82 Å². The first-order chi connectivity index (χ1) is 15.6. The van der Waals surface area contributed by atoms with E-state index in [0.717, 1.165) is 44.8 Å². The number of likely N-dealkylation sites (tertiary alicyclic amines) is 1. The molecule has 2 heterocycles. The third-order valence-electron chi connectivity index (χ3n) is 6.50. The summed E-state index contributed by atoms with van der Waals surface area (Å²) in [7, 11) is 4.27. The van der Waals surface area contributed by atoms with Crippen LogP contribution in [-0.4, -0.2) is 66.5 Å². The van der Waals surface area contributed by atoms with Crippen molar-refractivity contribution in [2.45, 2.75) is 25.9 Å². The van der Waals surface area contributed by atoms with Crippen LogP contribution in [0.2, 0.25) is 0 Å². The van der Waals surface area contributed by atoms with Gasteiger partial charge in [0.25, 0.3) is 0 Å². The number of aromatic nitrogens is 1. The molecule has 1 aliphatic rings. The number of pyridine rings is 1. The van der Waals surface area contributed by atoms with Crippen LogP contribution in [-0.2, 0) is 13.1 Å². The minimum Gasteiger partial charge on any atom is -0.308 e. The number of rotatable bonds is 9. The fourth-order valence-corrected chi connectivity index (χ4v) is 4.82. The summed E-state index contributed by atoms with van der Waals surface area (Å²) in [5.74, 6) is 0.516. The summed E-state index contributed by atoms with van der Waals surface area (Å²) in [5.41, 5.74) is 2.17. The highest BCUT2D eigenvalue weighted by Crippen LogP contribution is 2.23. The number of halogens is 1. The summed E-state index contributed by atoms with van der Waals surface area (Å²) < 4.78 is 14.2. The average molecular weight is 435 g/mol. The molecule has 0 radical (unpaired) electrons. The molecule has 1 aromatic heterocycles. The molecular formula is C27H35FN4. The lowest BCUT2D eigenvalue weighted by Gasteiger charge is -2.36. The minimum absolute atomic E-state index is 0.0901. The van der Waals surface area contributed by atoms with Crippen LogP contribution in [0, 0.1) is 11.7 Å². The SMILES string of the molecule is CN(C)CCN(Cc1cccc2cnccc12)CC1CCCN(Cc2ccccc2F)C1. The van der Waals surface area contributed by atoms with Gasteiger partial charge in [-0.3, -0.25) is 14.8 Å². The first-order valence-electron chi connectivity index (χ1n) is 11.7. The molecule has 1 saturated heterocycles. The van der Waals surface area contributed by atoms with E-state index in [1.54, 1.807) is 12.1 Å². The van der Waals surface area contributed by atoms with Gasteiger partial charge in [0, 0.05) is 62.6 Å². The number of hydrogen-bond acceptors (Lipinski definition) is 4. The Labute approximate surface area is 191 Å². The van der Waals surface area contributed by atoms with Gasteiger partial charge in [-0.05, 0) is 62.5 Å². The van der Waals surface area contributed by atoms with Gasteiger partial charge in [0.05, 0.1) is 0 Å². The maximum Gasteiger partial charge on any atom is 0.127 e. The predicted octanol–water partition coefficient (Wildman–Crippen LogP) is 4.65. The highest BCUT2D eigenvalue weighted by molar-refractivity contribution is 5.84. The smallest absolute Gasteiger partial charge is 0.127 e. The summed E-state index contributed by atoms with van der Waals surface area (Å²) in [4.78, 5) is 11.6. The fourth-order valence-electron chi connectivity index (χ4n) is 4.82. The molecule has 4 rings (SSSR count). The maximum atomic E-state index is 14.2. The van der Waals surface area contributed by atoms with Crippen molar-refractivity contribution < 1.29 is 4.39 Å². The van der Waals surface area contributed by atoms with Crippen molar-refractivity contribution in [3.05, 3.63) is 77.9 Å². The molecule has 0 amide bonds. The van der Waals surface area contributed by atoms with Gasteiger partial charge in [-0.2, -0.15) is 0 Å². The highest BCUT2D eigenvalue weighted by atomic mass is 19.1. The zero-order chi connectivity index (χ0) is 22.3. The van der Waals surface area contributed by atoms with E-state index in [-0.39, 0.29) is 5.82 Å². The van der Waals surface area contributed by atoms with Crippen molar-refractivity contribution in [3.63, 3.8) is 0 Å².